The predicted molar refractivity (Wildman–Crippen MR) is 75.2 cm³/mol. The van der Waals surface area contributed by atoms with Gasteiger partial charge < -0.3 is 11.1 Å². The number of rotatable bonds is 2. The number of aryl methyl sites for hydroxylation is 1. The maximum atomic E-state index is 12.3. The zero-order chi connectivity index (χ0) is 13.3. The first-order chi connectivity index (χ1) is 8.43. The molecular formula is C13H18BrN3O. The minimum absolute atomic E-state index is 0.0228. The van der Waals surface area contributed by atoms with Crippen molar-refractivity contribution in [3.63, 3.8) is 0 Å². The smallest absolute Gasteiger partial charge is 0.233 e. The summed E-state index contributed by atoms with van der Waals surface area (Å²) in [4.78, 5) is 16.6. The molecule has 0 spiro atoms. The van der Waals surface area contributed by atoms with Gasteiger partial charge in [0.1, 0.15) is 5.82 Å². The van der Waals surface area contributed by atoms with E-state index in [-0.39, 0.29) is 11.9 Å². The summed E-state index contributed by atoms with van der Waals surface area (Å²) in [6.45, 7) is 3.86. The lowest BCUT2D eigenvalue weighted by Gasteiger charge is -2.27. The average molecular weight is 312 g/mol. The summed E-state index contributed by atoms with van der Waals surface area (Å²) in [5.41, 5.74) is 6.51. The monoisotopic (exact) mass is 311 g/mol. The second-order valence-corrected chi connectivity index (χ2v) is 6.11. The number of halogens is 1. The van der Waals surface area contributed by atoms with Crippen molar-refractivity contribution in [3.8, 4) is 0 Å². The molecule has 98 valence electrons. The van der Waals surface area contributed by atoms with Crippen molar-refractivity contribution in [3.05, 3.63) is 22.3 Å². The third-order valence-corrected chi connectivity index (χ3v) is 4.26. The molecule has 1 amide bonds. The molecule has 1 aromatic rings. The van der Waals surface area contributed by atoms with Crippen LogP contribution < -0.4 is 11.1 Å². The molecule has 5 heteroatoms. The lowest BCUT2D eigenvalue weighted by Crippen LogP contribution is -2.44. The highest BCUT2D eigenvalue weighted by Crippen LogP contribution is 2.37. The molecule has 3 N–H and O–H groups in total. The summed E-state index contributed by atoms with van der Waals surface area (Å²) in [5, 5.41) is 2.90. The van der Waals surface area contributed by atoms with Crippen LogP contribution in [0.25, 0.3) is 0 Å². The number of nitrogens with one attached hydrogen (secondary N) is 1. The van der Waals surface area contributed by atoms with Crippen molar-refractivity contribution in [2.75, 3.05) is 5.32 Å². The third-order valence-electron chi connectivity index (χ3n) is 3.83. The molecule has 2 atom stereocenters. The minimum Gasteiger partial charge on any atom is -0.327 e. The van der Waals surface area contributed by atoms with Gasteiger partial charge in [0.2, 0.25) is 5.91 Å². The van der Waals surface area contributed by atoms with Gasteiger partial charge in [-0.15, -0.1) is 0 Å². The van der Waals surface area contributed by atoms with Crippen LogP contribution in [0.5, 0.6) is 0 Å². The topological polar surface area (TPSA) is 68.0 Å². The Kier molecular flexibility index (Phi) is 3.73. The number of nitrogens with two attached hydrogens (primary N) is 1. The van der Waals surface area contributed by atoms with Crippen LogP contribution in [0.4, 0.5) is 5.82 Å². The Morgan fingerprint density at radius 2 is 2.39 bits per heavy atom. The van der Waals surface area contributed by atoms with E-state index in [1.165, 1.54) is 0 Å². The Hall–Kier alpha value is -0.940. The molecule has 0 aliphatic heterocycles. The summed E-state index contributed by atoms with van der Waals surface area (Å²) >= 11 is 3.35. The highest BCUT2D eigenvalue weighted by atomic mass is 79.9. The molecule has 1 heterocycles. The number of anilines is 1. The number of pyridine rings is 1. The fourth-order valence-corrected chi connectivity index (χ4v) is 2.84. The molecule has 0 aromatic carbocycles. The highest BCUT2D eigenvalue weighted by molar-refractivity contribution is 9.10. The Bertz CT molecular complexity index is 477. The number of hydrogen-bond donors (Lipinski definition) is 2. The lowest BCUT2D eigenvalue weighted by atomic mass is 9.84. The number of amides is 1. The fraction of sp³-hybridized carbons (Fsp3) is 0.538. The molecular weight excluding hydrogens is 294 g/mol. The normalized spacial score (nSPS) is 27.2. The molecule has 4 nitrogen and oxygen atoms in total. The van der Waals surface area contributed by atoms with E-state index in [4.69, 9.17) is 5.73 Å². The Morgan fingerprint density at radius 3 is 2.94 bits per heavy atom. The Balaban J connectivity index is 2.16. The zero-order valence-corrected chi connectivity index (χ0v) is 12.3. The van der Waals surface area contributed by atoms with Crippen molar-refractivity contribution < 1.29 is 4.79 Å². The quantitative estimate of drug-likeness (QED) is 0.882. The van der Waals surface area contributed by atoms with Gasteiger partial charge in [-0.2, -0.15) is 0 Å². The lowest BCUT2D eigenvalue weighted by molar-refractivity contribution is -0.125. The molecule has 1 aliphatic rings. The van der Waals surface area contributed by atoms with Gasteiger partial charge in [0, 0.05) is 16.7 Å². The first-order valence-electron chi connectivity index (χ1n) is 6.12. The summed E-state index contributed by atoms with van der Waals surface area (Å²) in [6, 6.07) is 1.87. The van der Waals surface area contributed by atoms with Gasteiger partial charge in [0.15, 0.2) is 0 Å². The number of carbonyl (C=O) groups is 1. The first kappa shape index (κ1) is 13.5. The van der Waals surface area contributed by atoms with Gasteiger partial charge >= 0.3 is 0 Å². The minimum atomic E-state index is -0.471. The van der Waals surface area contributed by atoms with Crippen LogP contribution in [0.15, 0.2) is 16.7 Å². The van der Waals surface area contributed by atoms with E-state index in [1.54, 1.807) is 6.20 Å². The maximum Gasteiger partial charge on any atom is 0.233 e. The Labute approximate surface area is 115 Å². The van der Waals surface area contributed by atoms with Crippen LogP contribution in [0, 0.1) is 12.3 Å². The second kappa shape index (κ2) is 4.97. The predicted octanol–water partition coefficient (Wildman–Crippen LogP) is 2.61. The van der Waals surface area contributed by atoms with Gasteiger partial charge in [-0.05, 0) is 54.2 Å². The van der Waals surface area contributed by atoms with Crippen LogP contribution in [0.3, 0.4) is 0 Å². The molecule has 0 bridgehead atoms. The second-order valence-electron chi connectivity index (χ2n) is 5.19. The standard InChI is InChI=1S/C13H18BrN3O/c1-8-6-9(14)7-16-11(8)17-12(18)13(2)5-3-4-10(13)15/h6-7,10H,3-5,15H2,1-2H3,(H,16,17,18). The molecule has 2 rings (SSSR count). The van der Waals surface area contributed by atoms with Crippen molar-refractivity contribution in [1.82, 2.24) is 4.98 Å². The first-order valence-corrected chi connectivity index (χ1v) is 6.92. The average Bonchev–Trinajstić information content (AvgIpc) is 2.64. The molecule has 2 unspecified atom stereocenters. The molecule has 1 aromatic heterocycles. The van der Waals surface area contributed by atoms with Gasteiger partial charge in [0.05, 0.1) is 5.41 Å². The van der Waals surface area contributed by atoms with Gasteiger partial charge in [-0.3, -0.25) is 4.79 Å². The molecule has 1 fully saturated rings. The van der Waals surface area contributed by atoms with E-state index >= 15 is 0 Å². The van der Waals surface area contributed by atoms with E-state index in [0.717, 1.165) is 29.3 Å². The van der Waals surface area contributed by atoms with E-state index in [9.17, 15) is 4.79 Å². The van der Waals surface area contributed by atoms with Crippen LogP contribution in [-0.4, -0.2) is 16.9 Å². The fourth-order valence-electron chi connectivity index (χ4n) is 2.40. The van der Waals surface area contributed by atoms with Crippen LogP contribution in [0.1, 0.15) is 31.7 Å². The number of carbonyl (C=O) groups excluding carboxylic acids is 1. The summed E-state index contributed by atoms with van der Waals surface area (Å²) in [5.74, 6) is 0.592. The summed E-state index contributed by atoms with van der Waals surface area (Å²) in [6.07, 6.45) is 4.45. The zero-order valence-electron chi connectivity index (χ0n) is 10.7. The molecule has 1 saturated carbocycles. The maximum absolute atomic E-state index is 12.3. The van der Waals surface area contributed by atoms with Crippen LogP contribution >= 0.6 is 15.9 Å². The number of aromatic nitrogens is 1. The van der Waals surface area contributed by atoms with Crippen LogP contribution in [0.2, 0.25) is 0 Å². The molecule has 0 saturated heterocycles. The van der Waals surface area contributed by atoms with Crippen molar-refractivity contribution >= 4 is 27.7 Å². The number of hydrogen-bond acceptors (Lipinski definition) is 3. The van der Waals surface area contributed by atoms with E-state index in [0.29, 0.717) is 5.82 Å². The Morgan fingerprint density at radius 1 is 1.67 bits per heavy atom. The molecule has 1 aliphatic carbocycles. The van der Waals surface area contributed by atoms with E-state index in [2.05, 4.69) is 26.2 Å². The van der Waals surface area contributed by atoms with Crippen molar-refractivity contribution in [2.24, 2.45) is 11.1 Å². The number of nitrogens with zero attached hydrogens (tertiary/aromatic N) is 1. The largest absolute Gasteiger partial charge is 0.327 e. The molecule has 18 heavy (non-hydrogen) atoms. The summed E-state index contributed by atoms with van der Waals surface area (Å²) < 4.78 is 0.904. The van der Waals surface area contributed by atoms with Gasteiger partial charge in [-0.25, -0.2) is 4.98 Å². The summed E-state index contributed by atoms with van der Waals surface area (Å²) in [7, 11) is 0. The molecule has 0 radical (unpaired) electrons. The van der Waals surface area contributed by atoms with Crippen molar-refractivity contribution in [2.45, 2.75) is 39.2 Å². The van der Waals surface area contributed by atoms with Crippen LogP contribution in [-0.2, 0) is 4.79 Å². The van der Waals surface area contributed by atoms with Crippen molar-refractivity contribution in [1.29, 1.82) is 0 Å². The van der Waals surface area contributed by atoms with E-state index < -0.39 is 5.41 Å². The third kappa shape index (κ3) is 2.42. The highest BCUT2D eigenvalue weighted by Gasteiger charge is 2.43. The van der Waals surface area contributed by atoms with E-state index in [1.807, 2.05) is 19.9 Å². The SMILES string of the molecule is Cc1cc(Br)cnc1NC(=O)C1(C)CCCC1N. The van der Waals surface area contributed by atoms with Gasteiger partial charge in [0.25, 0.3) is 0 Å². The van der Waals surface area contributed by atoms with Gasteiger partial charge in [-0.1, -0.05) is 6.42 Å².